The molecule has 0 amide bonds. The minimum Gasteiger partial charge on any atom is -0.327 e. The fraction of sp³-hybridized carbons (Fsp3) is 0.350. The van der Waals surface area contributed by atoms with Gasteiger partial charge in [0.2, 0.25) is 10.0 Å². The summed E-state index contributed by atoms with van der Waals surface area (Å²) in [7, 11) is -3.19. The Morgan fingerprint density at radius 1 is 1.00 bits per heavy atom. The van der Waals surface area contributed by atoms with Gasteiger partial charge in [-0.1, -0.05) is 49.4 Å². The van der Waals surface area contributed by atoms with Crippen molar-refractivity contribution in [3.63, 3.8) is 0 Å². The van der Waals surface area contributed by atoms with Gasteiger partial charge in [0.1, 0.15) is 5.82 Å². The lowest BCUT2D eigenvalue weighted by Crippen LogP contribution is -2.29. The van der Waals surface area contributed by atoms with Crippen LogP contribution in [-0.4, -0.2) is 30.3 Å². The van der Waals surface area contributed by atoms with Crippen LogP contribution < -0.4 is 4.72 Å². The van der Waals surface area contributed by atoms with Gasteiger partial charge >= 0.3 is 0 Å². The normalized spacial score (nSPS) is 11.9. The Morgan fingerprint density at radius 2 is 1.73 bits per heavy atom. The number of nitrogens with zero attached hydrogens (tertiary/aromatic N) is 2. The first-order valence-electron chi connectivity index (χ1n) is 9.04. The first-order valence-corrected chi connectivity index (χ1v) is 10.7. The van der Waals surface area contributed by atoms with E-state index in [1.165, 1.54) is 5.56 Å². The molecule has 0 saturated heterocycles. The molecule has 0 aliphatic carbocycles. The number of para-hydroxylation sites is 2. The van der Waals surface area contributed by atoms with Gasteiger partial charge in [-0.2, -0.15) is 0 Å². The van der Waals surface area contributed by atoms with E-state index in [4.69, 9.17) is 4.98 Å². The fourth-order valence-corrected chi connectivity index (χ4v) is 4.20. The highest BCUT2D eigenvalue weighted by Gasteiger charge is 2.12. The summed E-state index contributed by atoms with van der Waals surface area (Å²) >= 11 is 0. The number of aryl methyl sites for hydroxylation is 2. The van der Waals surface area contributed by atoms with Crippen LogP contribution in [0.3, 0.4) is 0 Å². The van der Waals surface area contributed by atoms with Gasteiger partial charge < -0.3 is 4.57 Å². The lowest BCUT2D eigenvalue weighted by Gasteiger charge is -2.11. The fourth-order valence-electron chi connectivity index (χ4n) is 3.12. The molecule has 0 aliphatic heterocycles. The van der Waals surface area contributed by atoms with E-state index in [2.05, 4.69) is 21.4 Å². The van der Waals surface area contributed by atoms with Crippen LogP contribution in [0, 0.1) is 0 Å². The van der Waals surface area contributed by atoms with Gasteiger partial charge in [-0.3, -0.25) is 0 Å². The van der Waals surface area contributed by atoms with Crippen molar-refractivity contribution in [2.75, 3.05) is 12.3 Å². The summed E-state index contributed by atoms with van der Waals surface area (Å²) in [6, 6.07) is 18.3. The van der Waals surface area contributed by atoms with E-state index in [1.54, 1.807) is 0 Å². The predicted octanol–water partition coefficient (Wildman–Crippen LogP) is 3.15. The maximum absolute atomic E-state index is 11.9. The van der Waals surface area contributed by atoms with Crippen molar-refractivity contribution >= 4 is 21.1 Å². The SMILES string of the molecule is CCCS(=O)(=O)NCCn1c(CCc2ccccc2)nc2ccccc21. The highest BCUT2D eigenvalue weighted by molar-refractivity contribution is 7.89. The van der Waals surface area contributed by atoms with Crippen molar-refractivity contribution in [2.45, 2.75) is 32.7 Å². The van der Waals surface area contributed by atoms with E-state index >= 15 is 0 Å². The Bertz CT molecular complexity index is 950. The molecule has 0 unspecified atom stereocenters. The summed E-state index contributed by atoms with van der Waals surface area (Å²) < 4.78 is 28.6. The molecule has 0 spiro atoms. The second kappa shape index (κ2) is 8.47. The van der Waals surface area contributed by atoms with Crippen LogP contribution in [-0.2, 0) is 29.4 Å². The zero-order valence-electron chi connectivity index (χ0n) is 15.1. The molecule has 0 fully saturated rings. The van der Waals surface area contributed by atoms with Crippen molar-refractivity contribution in [3.8, 4) is 0 Å². The summed E-state index contributed by atoms with van der Waals surface area (Å²) in [5.41, 5.74) is 3.27. The average Bonchev–Trinajstić information content (AvgIpc) is 2.98. The largest absolute Gasteiger partial charge is 0.327 e. The van der Waals surface area contributed by atoms with Gasteiger partial charge in [-0.25, -0.2) is 18.1 Å². The Hall–Kier alpha value is -2.18. The van der Waals surface area contributed by atoms with E-state index in [0.717, 1.165) is 29.7 Å². The lowest BCUT2D eigenvalue weighted by molar-refractivity contribution is 0.569. The molecule has 1 heterocycles. The number of sulfonamides is 1. The number of rotatable bonds is 9. The molecular formula is C20H25N3O2S. The molecular weight excluding hydrogens is 346 g/mol. The Kier molecular flexibility index (Phi) is 6.06. The van der Waals surface area contributed by atoms with Crippen LogP contribution in [0.25, 0.3) is 11.0 Å². The molecule has 2 aromatic carbocycles. The van der Waals surface area contributed by atoms with Crippen LogP contribution in [0.15, 0.2) is 54.6 Å². The Labute approximate surface area is 155 Å². The average molecular weight is 372 g/mol. The second-order valence-corrected chi connectivity index (χ2v) is 8.29. The molecule has 1 aromatic heterocycles. The van der Waals surface area contributed by atoms with E-state index in [1.807, 2.05) is 49.4 Å². The minimum atomic E-state index is -3.19. The Morgan fingerprint density at radius 3 is 2.50 bits per heavy atom. The standard InChI is InChI=1S/C20H25N3O2S/c1-2-16-26(24,25)21-14-15-23-19-11-7-6-10-18(19)22-20(23)13-12-17-8-4-3-5-9-17/h3-11,21H,2,12-16H2,1H3. The number of fused-ring (bicyclic) bond motifs is 1. The van der Waals surface area contributed by atoms with Gasteiger partial charge in [0.05, 0.1) is 16.8 Å². The zero-order valence-corrected chi connectivity index (χ0v) is 15.9. The topological polar surface area (TPSA) is 64.0 Å². The molecule has 0 bridgehead atoms. The second-order valence-electron chi connectivity index (χ2n) is 6.37. The van der Waals surface area contributed by atoms with Crippen molar-refractivity contribution in [3.05, 3.63) is 66.0 Å². The van der Waals surface area contributed by atoms with Gasteiger partial charge in [0.15, 0.2) is 0 Å². The third-order valence-corrected chi connectivity index (χ3v) is 5.93. The maximum Gasteiger partial charge on any atom is 0.211 e. The number of aromatic nitrogens is 2. The highest BCUT2D eigenvalue weighted by atomic mass is 32.2. The quantitative estimate of drug-likeness (QED) is 0.628. The summed E-state index contributed by atoms with van der Waals surface area (Å²) in [6.45, 7) is 2.82. The first-order chi connectivity index (χ1) is 12.6. The number of hydrogen-bond donors (Lipinski definition) is 1. The summed E-state index contributed by atoms with van der Waals surface area (Å²) in [4.78, 5) is 4.76. The summed E-state index contributed by atoms with van der Waals surface area (Å²) in [5.74, 6) is 1.16. The van der Waals surface area contributed by atoms with Crippen LogP contribution in [0.2, 0.25) is 0 Å². The van der Waals surface area contributed by atoms with Crippen LogP contribution in [0.5, 0.6) is 0 Å². The smallest absolute Gasteiger partial charge is 0.211 e. The molecule has 0 saturated carbocycles. The summed E-state index contributed by atoms with van der Waals surface area (Å²) in [5, 5.41) is 0. The van der Waals surface area contributed by atoms with Crippen LogP contribution >= 0.6 is 0 Å². The Balaban J connectivity index is 1.76. The minimum absolute atomic E-state index is 0.165. The van der Waals surface area contributed by atoms with Crippen molar-refractivity contribution in [1.82, 2.24) is 14.3 Å². The van der Waals surface area contributed by atoms with Gasteiger partial charge in [0.25, 0.3) is 0 Å². The third kappa shape index (κ3) is 4.71. The molecule has 0 aliphatic rings. The van der Waals surface area contributed by atoms with Gasteiger partial charge in [0, 0.05) is 19.5 Å². The van der Waals surface area contributed by atoms with Crippen molar-refractivity contribution < 1.29 is 8.42 Å². The van der Waals surface area contributed by atoms with Gasteiger partial charge in [-0.05, 0) is 30.5 Å². The zero-order chi connectivity index (χ0) is 18.4. The first kappa shape index (κ1) is 18.6. The summed E-state index contributed by atoms with van der Waals surface area (Å²) in [6.07, 6.45) is 2.35. The van der Waals surface area contributed by atoms with Crippen molar-refractivity contribution in [1.29, 1.82) is 0 Å². The number of nitrogens with one attached hydrogen (secondary N) is 1. The number of imidazole rings is 1. The molecule has 5 nitrogen and oxygen atoms in total. The van der Waals surface area contributed by atoms with Crippen LogP contribution in [0.1, 0.15) is 24.7 Å². The molecule has 1 N–H and O–H groups in total. The van der Waals surface area contributed by atoms with E-state index in [-0.39, 0.29) is 5.75 Å². The molecule has 138 valence electrons. The lowest BCUT2D eigenvalue weighted by atomic mass is 10.1. The monoisotopic (exact) mass is 371 g/mol. The predicted molar refractivity (Wildman–Crippen MR) is 106 cm³/mol. The van der Waals surface area contributed by atoms with E-state index in [9.17, 15) is 8.42 Å². The molecule has 0 radical (unpaired) electrons. The highest BCUT2D eigenvalue weighted by Crippen LogP contribution is 2.17. The molecule has 3 aromatic rings. The van der Waals surface area contributed by atoms with Crippen molar-refractivity contribution in [2.24, 2.45) is 0 Å². The van der Waals surface area contributed by atoms with Gasteiger partial charge in [-0.15, -0.1) is 0 Å². The maximum atomic E-state index is 11.9. The molecule has 6 heteroatoms. The van der Waals surface area contributed by atoms with E-state index in [0.29, 0.717) is 19.5 Å². The molecule has 0 atom stereocenters. The molecule has 26 heavy (non-hydrogen) atoms. The van der Waals surface area contributed by atoms with E-state index < -0.39 is 10.0 Å². The van der Waals surface area contributed by atoms with Crippen LogP contribution in [0.4, 0.5) is 0 Å². The number of benzene rings is 2. The molecule has 3 rings (SSSR count). The third-order valence-electron chi connectivity index (χ3n) is 4.34. The number of hydrogen-bond acceptors (Lipinski definition) is 3.